The smallest absolute Gasteiger partial charge is 0.488 e. The molecule has 10 heteroatoms. The lowest BCUT2D eigenvalue weighted by Gasteiger charge is -2.49. The number of imidazole rings is 1. The number of hydrogen-bond donors (Lipinski definition) is 2. The number of ether oxygens (including phenoxy) is 1. The van der Waals surface area contributed by atoms with Gasteiger partial charge in [0.05, 0.1) is 11.9 Å². The van der Waals surface area contributed by atoms with Gasteiger partial charge >= 0.3 is 7.12 Å². The Morgan fingerprint density at radius 1 is 1.20 bits per heavy atom. The van der Waals surface area contributed by atoms with Gasteiger partial charge in [-0.25, -0.2) is 9.37 Å². The second-order valence-electron chi connectivity index (χ2n) is 8.74. The average molecular weight is 431 g/mol. The first-order valence-electron chi connectivity index (χ1n) is 9.73. The van der Waals surface area contributed by atoms with Gasteiger partial charge in [0.15, 0.2) is 12.0 Å². The molecule has 2 N–H and O–H groups in total. The Morgan fingerprint density at radius 2 is 1.93 bits per heavy atom. The maximum Gasteiger partial charge on any atom is 0.488 e. The molecule has 0 saturated heterocycles. The van der Waals surface area contributed by atoms with Crippen LogP contribution in [-0.2, 0) is 4.43 Å². The molecule has 161 valence electrons. The van der Waals surface area contributed by atoms with Crippen molar-refractivity contribution in [3.05, 3.63) is 54.4 Å². The highest BCUT2D eigenvalue weighted by Gasteiger charge is 2.27. The molecule has 0 aromatic carbocycles. The molecule has 0 spiro atoms. The number of rotatable bonds is 7. The fraction of sp³-hybridized carbons (Fsp3) is 0.400. The molecule has 0 bridgehead atoms. The van der Waals surface area contributed by atoms with Crippen LogP contribution in [0, 0.1) is 5.82 Å². The van der Waals surface area contributed by atoms with Crippen LogP contribution >= 0.6 is 0 Å². The fourth-order valence-corrected chi connectivity index (χ4v) is 3.66. The Bertz CT molecular complexity index is 1010. The van der Waals surface area contributed by atoms with Crippen LogP contribution in [-0.4, -0.2) is 46.5 Å². The van der Waals surface area contributed by atoms with E-state index in [9.17, 15) is 14.4 Å². The lowest BCUT2D eigenvalue weighted by molar-refractivity contribution is 0.112. The molecule has 30 heavy (non-hydrogen) atoms. The van der Waals surface area contributed by atoms with Crippen LogP contribution in [0.3, 0.4) is 0 Å². The van der Waals surface area contributed by atoms with Crippen molar-refractivity contribution < 1.29 is 23.6 Å². The Morgan fingerprint density at radius 3 is 2.53 bits per heavy atom. The Kier molecular flexibility index (Phi) is 6.32. The molecule has 7 nitrogen and oxygen atoms in total. The van der Waals surface area contributed by atoms with E-state index in [1.165, 1.54) is 12.1 Å². The van der Waals surface area contributed by atoms with Crippen LogP contribution in [0.5, 0.6) is 5.88 Å². The van der Waals surface area contributed by atoms with Crippen LogP contribution < -0.4 is 10.2 Å². The summed E-state index contributed by atoms with van der Waals surface area (Å²) in [5.74, 6) is -0.0896. The molecule has 3 aromatic heterocycles. The first-order valence-corrected chi connectivity index (χ1v) is 12.6. The van der Waals surface area contributed by atoms with Gasteiger partial charge in [-0.05, 0) is 38.0 Å². The molecule has 0 aliphatic rings. The zero-order valence-electron chi connectivity index (χ0n) is 17.8. The van der Waals surface area contributed by atoms with Gasteiger partial charge in [-0.3, -0.25) is 9.38 Å². The van der Waals surface area contributed by atoms with E-state index in [-0.39, 0.29) is 17.1 Å². The van der Waals surface area contributed by atoms with E-state index in [0.29, 0.717) is 17.2 Å². The van der Waals surface area contributed by atoms with Crippen molar-refractivity contribution in [1.29, 1.82) is 0 Å². The third-order valence-corrected chi connectivity index (χ3v) is 10.0. The molecule has 3 aromatic rings. The van der Waals surface area contributed by atoms with E-state index in [1.807, 2.05) is 0 Å². The minimum Gasteiger partial charge on any atom is -0.562 e. The first kappa shape index (κ1) is 22.4. The van der Waals surface area contributed by atoms with E-state index in [4.69, 9.17) is 9.16 Å². The number of fused-ring (bicyclic) bond motifs is 1. The number of hydrogen-bond acceptors (Lipinski definition) is 6. The summed E-state index contributed by atoms with van der Waals surface area (Å²) in [6.45, 7) is 10.9. The quantitative estimate of drug-likeness (QED) is 0.560. The lowest BCUT2D eigenvalue weighted by atomic mass is 9.81. The highest BCUT2D eigenvalue weighted by molar-refractivity contribution is 6.74. The SMILES string of the molecule is CC(C)(C)[Si-](C)(C)OCC(Oc1cc(B(O)O)cc2nccn12)c1ccc(F)cn1. The highest BCUT2D eigenvalue weighted by Crippen LogP contribution is 2.37. The predicted molar refractivity (Wildman–Crippen MR) is 116 cm³/mol. The molecule has 1 unspecified atom stereocenters. The third kappa shape index (κ3) is 4.89. The summed E-state index contributed by atoms with van der Waals surface area (Å²) in [4.78, 5) is 8.38. The summed E-state index contributed by atoms with van der Waals surface area (Å²) in [5.41, 5.74) is 1.27. The maximum absolute atomic E-state index is 13.4. The van der Waals surface area contributed by atoms with Gasteiger partial charge in [-0.1, -0.05) is 20.8 Å². The Hall–Kier alpha value is -2.27. The topological polar surface area (TPSA) is 89.1 Å². The van der Waals surface area contributed by atoms with Crippen LogP contribution in [0.2, 0.25) is 18.1 Å². The minimum absolute atomic E-state index is 0.00625. The average Bonchev–Trinajstić information content (AvgIpc) is 3.13. The third-order valence-electron chi connectivity index (χ3n) is 5.54. The van der Waals surface area contributed by atoms with Gasteiger partial charge < -0.3 is 19.2 Å². The van der Waals surface area contributed by atoms with Crippen molar-refractivity contribution >= 4 is 26.5 Å². The number of halogens is 1. The van der Waals surface area contributed by atoms with Gasteiger partial charge in [0, 0.05) is 19.0 Å². The summed E-state index contributed by atoms with van der Waals surface area (Å²) in [5, 5.41) is 19.2. The molecule has 0 aliphatic heterocycles. The molecular weight excluding hydrogens is 404 g/mol. The summed E-state index contributed by atoms with van der Waals surface area (Å²) in [7, 11) is -3.75. The predicted octanol–water partition coefficient (Wildman–Crippen LogP) is 2.69. The summed E-state index contributed by atoms with van der Waals surface area (Å²) in [6.07, 6.45) is 3.81. The number of aromatic nitrogens is 3. The zero-order chi connectivity index (χ0) is 22.1. The van der Waals surface area contributed by atoms with Crippen molar-refractivity contribution in [2.75, 3.05) is 6.61 Å². The van der Waals surface area contributed by atoms with Crippen LogP contribution in [0.4, 0.5) is 4.39 Å². The van der Waals surface area contributed by atoms with Crippen molar-refractivity contribution in [2.45, 2.75) is 45.0 Å². The second kappa shape index (κ2) is 8.46. The standard InChI is InChI=1S/C20H27BFN3O4Si/c1-20(2,3)30(4,5)28-13-17(16-7-6-15(22)12-24-16)29-19-11-14(21(26)27)10-18-23-8-9-25(18)19/h6-12,17,26-27H,13H2,1-5H3/q-1. The number of nitrogens with zero attached hydrogens (tertiary/aromatic N) is 3. The molecule has 0 amide bonds. The Balaban J connectivity index is 1.96. The second-order valence-corrected chi connectivity index (χ2v) is 13.5. The minimum atomic E-state index is -2.08. The molecule has 0 saturated carbocycles. The van der Waals surface area contributed by atoms with Gasteiger partial charge in [0.25, 0.3) is 0 Å². The monoisotopic (exact) mass is 431 g/mol. The summed E-state index contributed by atoms with van der Waals surface area (Å²) in [6, 6.07) is 5.98. The largest absolute Gasteiger partial charge is 0.562 e. The molecule has 1 atom stereocenters. The van der Waals surface area contributed by atoms with E-state index in [0.717, 1.165) is 6.20 Å². The summed E-state index contributed by atoms with van der Waals surface area (Å²) >= 11 is 0. The molecule has 0 fully saturated rings. The van der Waals surface area contributed by atoms with Crippen molar-refractivity contribution in [3.63, 3.8) is 0 Å². The van der Waals surface area contributed by atoms with Crippen LogP contribution in [0.1, 0.15) is 32.6 Å². The van der Waals surface area contributed by atoms with E-state index in [2.05, 4.69) is 43.8 Å². The maximum atomic E-state index is 13.4. The molecule has 3 heterocycles. The zero-order valence-corrected chi connectivity index (χ0v) is 18.8. The van der Waals surface area contributed by atoms with Crippen molar-refractivity contribution in [2.24, 2.45) is 0 Å². The van der Waals surface area contributed by atoms with Gasteiger partial charge in [0.1, 0.15) is 11.5 Å². The van der Waals surface area contributed by atoms with Gasteiger partial charge in [-0.2, -0.15) is 0 Å². The molecular formula is C20H27BFN3O4Si-. The lowest BCUT2D eigenvalue weighted by Crippen LogP contribution is -2.42. The van der Waals surface area contributed by atoms with Crippen LogP contribution in [0.15, 0.2) is 42.9 Å². The van der Waals surface area contributed by atoms with E-state index in [1.54, 1.807) is 28.9 Å². The fourth-order valence-electron chi connectivity index (χ4n) is 2.65. The first-order chi connectivity index (χ1) is 14.0. The van der Waals surface area contributed by atoms with Crippen molar-refractivity contribution in [1.82, 2.24) is 14.4 Å². The van der Waals surface area contributed by atoms with Crippen molar-refractivity contribution in [3.8, 4) is 5.88 Å². The Labute approximate surface area is 176 Å². The van der Waals surface area contributed by atoms with Crippen LogP contribution in [0.25, 0.3) is 5.65 Å². The highest BCUT2D eigenvalue weighted by atomic mass is 28.4. The number of pyridine rings is 2. The summed E-state index contributed by atoms with van der Waals surface area (Å²) < 4.78 is 27.7. The van der Waals surface area contributed by atoms with E-state index < -0.39 is 27.4 Å². The molecule has 0 radical (unpaired) electrons. The molecule has 3 rings (SSSR count). The van der Waals surface area contributed by atoms with Gasteiger partial charge in [-0.15, -0.1) is 18.1 Å². The molecule has 0 aliphatic carbocycles. The normalized spacial score (nSPS) is 13.5. The van der Waals surface area contributed by atoms with E-state index >= 15 is 0 Å². The van der Waals surface area contributed by atoms with Gasteiger partial charge in [0.2, 0.25) is 0 Å².